The van der Waals surface area contributed by atoms with Gasteiger partial charge in [0.05, 0.1) is 24.4 Å². The number of carbonyl (C=O) groups excluding carboxylic acids is 1. The summed E-state index contributed by atoms with van der Waals surface area (Å²) in [7, 11) is 0.313. The van der Waals surface area contributed by atoms with E-state index >= 15 is 0 Å². The van der Waals surface area contributed by atoms with E-state index in [9.17, 15) is 22.8 Å². The molecule has 0 aliphatic heterocycles. The number of carbonyl (C=O) groups is 1. The van der Waals surface area contributed by atoms with Gasteiger partial charge in [-0.15, -0.1) is 0 Å². The molecule has 0 bridgehead atoms. The van der Waals surface area contributed by atoms with Gasteiger partial charge in [0, 0.05) is 32.7 Å². The van der Waals surface area contributed by atoms with Gasteiger partial charge in [-0.3, -0.25) is 18.7 Å². The maximum absolute atomic E-state index is 13.0. The third kappa shape index (κ3) is 4.26. The van der Waals surface area contributed by atoms with Gasteiger partial charge in [-0.25, -0.2) is 18.2 Å². The van der Waals surface area contributed by atoms with Crippen molar-refractivity contribution in [3.8, 4) is 5.75 Å². The highest BCUT2D eigenvalue weighted by Crippen LogP contribution is 2.28. The summed E-state index contributed by atoms with van der Waals surface area (Å²) in [6.07, 6.45) is 1.32. The molecule has 1 N–H and O–H groups in total. The molecule has 176 valence electrons. The van der Waals surface area contributed by atoms with Gasteiger partial charge in [0.25, 0.3) is 11.5 Å². The zero-order valence-corrected chi connectivity index (χ0v) is 19.8. The first-order chi connectivity index (χ1) is 15.6. The van der Waals surface area contributed by atoms with E-state index < -0.39 is 27.2 Å². The quantitative estimate of drug-likeness (QED) is 0.537. The van der Waals surface area contributed by atoms with Crippen molar-refractivity contribution in [2.45, 2.75) is 18.7 Å². The number of methoxy groups -OCH3 is 1. The number of hydrogen-bond acceptors (Lipinski definition) is 7. The minimum absolute atomic E-state index is 0.0787. The van der Waals surface area contributed by atoms with Crippen LogP contribution in [0.25, 0.3) is 11.0 Å². The molecule has 3 aromatic rings. The third-order valence-corrected chi connectivity index (χ3v) is 7.37. The summed E-state index contributed by atoms with van der Waals surface area (Å²) in [5, 5.41) is 2.77. The summed E-state index contributed by atoms with van der Waals surface area (Å²) in [5.74, 6) is -0.480. The van der Waals surface area contributed by atoms with Crippen LogP contribution < -0.4 is 21.3 Å². The number of anilines is 1. The number of amides is 1. The van der Waals surface area contributed by atoms with Crippen LogP contribution in [-0.2, 0) is 24.1 Å². The van der Waals surface area contributed by atoms with Crippen molar-refractivity contribution in [2.75, 3.05) is 25.5 Å². The van der Waals surface area contributed by atoms with Crippen molar-refractivity contribution in [2.24, 2.45) is 14.1 Å². The van der Waals surface area contributed by atoms with E-state index in [0.717, 1.165) is 4.57 Å². The number of pyridine rings is 1. The average Bonchev–Trinajstić information content (AvgIpc) is 2.81. The molecule has 1 amide bonds. The van der Waals surface area contributed by atoms with Crippen molar-refractivity contribution in [3.05, 3.63) is 56.9 Å². The van der Waals surface area contributed by atoms with Gasteiger partial charge < -0.3 is 10.1 Å². The van der Waals surface area contributed by atoms with Crippen LogP contribution in [0.2, 0.25) is 0 Å². The van der Waals surface area contributed by atoms with Gasteiger partial charge >= 0.3 is 5.69 Å². The highest BCUT2D eigenvalue weighted by Gasteiger charge is 2.27. The van der Waals surface area contributed by atoms with Crippen LogP contribution in [0.15, 0.2) is 44.9 Å². The summed E-state index contributed by atoms with van der Waals surface area (Å²) >= 11 is 0. The van der Waals surface area contributed by atoms with Gasteiger partial charge in [0.2, 0.25) is 10.0 Å². The molecule has 0 unspecified atom stereocenters. The van der Waals surface area contributed by atoms with Crippen LogP contribution in [-0.4, -0.2) is 52.9 Å². The molecular weight excluding hydrogens is 450 g/mol. The molecule has 12 heteroatoms. The number of rotatable bonds is 7. The van der Waals surface area contributed by atoms with Crippen LogP contribution >= 0.6 is 0 Å². The van der Waals surface area contributed by atoms with E-state index in [0.29, 0.717) is 0 Å². The SMILES string of the molecule is CCN(CC)S(=O)(=O)c1cc(C(=O)Nc2cnc3c(c2)c(=O)n(C)c(=O)n3C)ccc1OC. The Bertz CT molecular complexity index is 1450. The maximum Gasteiger partial charge on any atom is 0.332 e. The summed E-state index contributed by atoms with van der Waals surface area (Å²) in [5.41, 5.74) is -0.592. The van der Waals surface area contributed by atoms with Crippen molar-refractivity contribution in [1.82, 2.24) is 18.4 Å². The topological polar surface area (TPSA) is 133 Å². The van der Waals surface area contributed by atoms with Crippen LogP contribution in [0, 0.1) is 0 Å². The van der Waals surface area contributed by atoms with Crippen LogP contribution in [0.5, 0.6) is 5.75 Å². The lowest BCUT2D eigenvalue weighted by Gasteiger charge is -2.20. The standard InChI is InChI=1S/C21H25N5O6S/c1-6-26(7-2)33(30,31)17-10-13(8-9-16(17)32-5)19(27)23-14-11-15-18(22-12-14)24(3)21(29)25(4)20(15)28/h8-12H,6-7H2,1-5H3,(H,23,27). The molecule has 0 atom stereocenters. The number of nitrogens with one attached hydrogen (secondary N) is 1. The lowest BCUT2D eigenvalue weighted by atomic mass is 10.2. The molecule has 11 nitrogen and oxygen atoms in total. The molecule has 33 heavy (non-hydrogen) atoms. The van der Waals surface area contributed by atoms with Gasteiger partial charge in [-0.2, -0.15) is 4.31 Å². The fraction of sp³-hybridized carbons (Fsp3) is 0.333. The molecule has 0 fully saturated rings. The van der Waals surface area contributed by atoms with Crippen molar-refractivity contribution < 1.29 is 17.9 Å². The third-order valence-electron chi connectivity index (χ3n) is 5.30. The molecule has 2 aromatic heterocycles. The number of sulfonamides is 1. The Kier molecular flexibility index (Phi) is 6.70. The molecule has 0 aliphatic carbocycles. The highest BCUT2D eigenvalue weighted by molar-refractivity contribution is 7.89. The minimum Gasteiger partial charge on any atom is -0.495 e. The Hall–Kier alpha value is -3.51. The molecule has 0 saturated carbocycles. The van der Waals surface area contributed by atoms with Gasteiger partial charge in [0.1, 0.15) is 16.3 Å². The van der Waals surface area contributed by atoms with Crippen molar-refractivity contribution >= 4 is 32.7 Å². The summed E-state index contributed by atoms with van der Waals surface area (Å²) in [6.45, 7) is 3.96. The van der Waals surface area contributed by atoms with Gasteiger partial charge in [-0.1, -0.05) is 13.8 Å². The fourth-order valence-electron chi connectivity index (χ4n) is 3.46. The monoisotopic (exact) mass is 475 g/mol. The number of hydrogen-bond donors (Lipinski definition) is 1. The molecular formula is C21H25N5O6S. The number of aryl methyl sites for hydroxylation is 1. The Balaban J connectivity index is 2.02. The number of ether oxygens (including phenoxy) is 1. The molecule has 0 spiro atoms. The second-order valence-corrected chi connectivity index (χ2v) is 9.12. The normalized spacial score (nSPS) is 11.7. The van der Waals surface area contributed by atoms with Crippen LogP contribution in [0.4, 0.5) is 5.69 Å². The van der Waals surface area contributed by atoms with Gasteiger partial charge in [-0.05, 0) is 24.3 Å². The zero-order chi connectivity index (χ0) is 24.5. The number of aromatic nitrogens is 3. The van der Waals surface area contributed by atoms with E-state index in [4.69, 9.17) is 4.74 Å². The van der Waals surface area contributed by atoms with Crippen LogP contribution in [0.1, 0.15) is 24.2 Å². The van der Waals surface area contributed by atoms with E-state index in [1.54, 1.807) is 13.8 Å². The maximum atomic E-state index is 13.0. The molecule has 1 aromatic carbocycles. The molecule has 2 heterocycles. The van der Waals surface area contributed by atoms with E-state index in [1.807, 2.05) is 0 Å². The molecule has 0 aliphatic rings. The minimum atomic E-state index is -3.88. The lowest BCUT2D eigenvalue weighted by molar-refractivity contribution is 0.102. The van der Waals surface area contributed by atoms with E-state index in [1.165, 1.54) is 60.5 Å². The first kappa shape index (κ1) is 24.1. The Morgan fingerprint density at radius 1 is 1.12 bits per heavy atom. The zero-order valence-electron chi connectivity index (χ0n) is 18.9. The average molecular weight is 476 g/mol. The first-order valence-electron chi connectivity index (χ1n) is 10.1. The van der Waals surface area contributed by atoms with Gasteiger partial charge in [0.15, 0.2) is 0 Å². The Morgan fingerprint density at radius 2 is 1.79 bits per heavy atom. The molecule has 0 radical (unpaired) electrons. The smallest absolute Gasteiger partial charge is 0.332 e. The Morgan fingerprint density at radius 3 is 2.39 bits per heavy atom. The lowest BCUT2D eigenvalue weighted by Crippen LogP contribution is -2.37. The van der Waals surface area contributed by atoms with E-state index in [2.05, 4.69) is 10.3 Å². The molecule has 3 rings (SSSR count). The summed E-state index contributed by atoms with van der Waals surface area (Å²) in [4.78, 5) is 41.4. The first-order valence-corrected chi connectivity index (χ1v) is 11.6. The Labute approximate surface area is 190 Å². The predicted octanol–water partition coefficient (Wildman–Crippen LogP) is 0.924. The fourth-order valence-corrected chi connectivity index (χ4v) is 5.10. The second-order valence-electron chi connectivity index (χ2n) is 7.21. The number of fused-ring (bicyclic) bond motifs is 1. The summed E-state index contributed by atoms with van der Waals surface area (Å²) in [6, 6.07) is 5.51. The predicted molar refractivity (Wildman–Crippen MR) is 123 cm³/mol. The summed E-state index contributed by atoms with van der Waals surface area (Å²) < 4.78 is 34.7. The van der Waals surface area contributed by atoms with E-state index in [-0.39, 0.29) is 46.0 Å². The van der Waals surface area contributed by atoms with Crippen molar-refractivity contribution in [1.29, 1.82) is 0 Å². The number of benzene rings is 1. The highest BCUT2D eigenvalue weighted by atomic mass is 32.2. The molecule has 0 saturated heterocycles. The largest absolute Gasteiger partial charge is 0.495 e. The van der Waals surface area contributed by atoms with Crippen LogP contribution in [0.3, 0.4) is 0 Å². The second kappa shape index (κ2) is 9.16. The number of nitrogens with zero attached hydrogens (tertiary/aromatic N) is 4. The van der Waals surface area contributed by atoms with Crippen molar-refractivity contribution in [3.63, 3.8) is 0 Å².